The second kappa shape index (κ2) is 34.0. The van der Waals surface area contributed by atoms with E-state index in [9.17, 15) is 19.2 Å². The largest absolute Gasteiger partial charge is 0.356 e. The molecule has 20 nitrogen and oxygen atoms in total. The van der Waals surface area contributed by atoms with Gasteiger partial charge in [-0.05, 0) is 187 Å². The lowest BCUT2D eigenvalue weighted by Gasteiger charge is -2.33. The van der Waals surface area contributed by atoms with Crippen molar-refractivity contribution in [3.05, 3.63) is 120 Å². The third-order valence-corrected chi connectivity index (χ3v) is 18.5. The number of pyridine rings is 2. The predicted octanol–water partition coefficient (Wildman–Crippen LogP) is 7.60. The van der Waals surface area contributed by atoms with E-state index in [1.165, 1.54) is 16.8 Å². The number of Topliss-reactive ketones (excluding diaryl/α,β-unsaturated/α-hetero) is 2. The van der Waals surface area contributed by atoms with Crippen LogP contribution in [0, 0.1) is 5.92 Å². The Morgan fingerprint density at radius 3 is 1.50 bits per heavy atom. The predicted molar refractivity (Wildman–Crippen MR) is 362 cm³/mol. The highest BCUT2D eigenvalue weighted by Gasteiger charge is 2.42. The molecular formula is C72H96N12O8. The smallest absolute Gasteiger partial charge is 0.256 e. The van der Waals surface area contributed by atoms with Gasteiger partial charge in [0.1, 0.15) is 18.1 Å². The van der Waals surface area contributed by atoms with Crippen LogP contribution in [0.25, 0.3) is 43.4 Å². The normalized spacial score (nSPS) is 16.3. The summed E-state index contributed by atoms with van der Waals surface area (Å²) in [5.74, 6) is -3.75. The molecule has 0 bridgehead atoms. The van der Waals surface area contributed by atoms with Crippen LogP contribution in [-0.2, 0) is 41.6 Å². The van der Waals surface area contributed by atoms with Crippen molar-refractivity contribution in [2.45, 2.75) is 166 Å². The summed E-state index contributed by atoms with van der Waals surface area (Å²) in [5.41, 5.74) is 26.9. The van der Waals surface area contributed by atoms with Gasteiger partial charge in [-0.25, -0.2) is 0 Å². The second-order valence-corrected chi connectivity index (χ2v) is 24.8. The molecule has 20 heteroatoms. The van der Waals surface area contributed by atoms with Gasteiger partial charge in [-0.3, -0.25) is 48.3 Å². The van der Waals surface area contributed by atoms with Crippen LogP contribution in [0.15, 0.2) is 97.1 Å². The molecule has 6 amide bonds. The van der Waals surface area contributed by atoms with Gasteiger partial charge in [-0.15, -0.1) is 0 Å². The van der Waals surface area contributed by atoms with Crippen LogP contribution in [0.1, 0.15) is 155 Å². The molecule has 10 N–H and O–H groups in total. The standard InChI is InChI=1S/C72H96N12O8/c1-5-56-54(42-52-40-47-22-7-9-24-49(47)44-59(52)78-56)69(89)83-38-19-30-63(83)71(91)81(3)61(66(86)46-51(26-13-16-33-73)67(87)77-37-21-36-76)28-11-12-29-62(68(88)80-58(27-14-17-34-74)65(85)32-15-18-35-75)82(4)72(92)64-31-20-39-84(64)70(90)55-43-53-41-48-23-8-10-25-50(48)45-60(53)79-57(55)6-2/h7-12,22-25,40-45,51,58,61-64H,5-6,13-21,26-39,46,73-76H2,1-4H3,(H,77,87)(H,80,88)/t51-,58+,61?,62+,63?,64?/m1/s1. The summed E-state index contributed by atoms with van der Waals surface area (Å²) in [4.78, 5) is 134. The van der Waals surface area contributed by atoms with Crippen LogP contribution in [-0.4, -0.2) is 167 Å². The number of carbonyl (C=O) groups excluding carboxylic acids is 8. The van der Waals surface area contributed by atoms with Crippen LogP contribution in [0.5, 0.6) is 0 Å². The minimum absolute atomic E-state index is 0.0534. The summed E-state index contributed by atoms with van der Waals surface area (Å²) in [7, 11) is 3.08. The van der Waals surface area contributed by atoms with Gasteiger partial charge in [0.15, 0.2) is 11.6 Å². The fourth-order valence-corrected chi connectivity index (χ4v) is 13.1. The van der Waals surface area contributed by atoms with E-state index in [1.54, 1.807) is 29.0 Å². The Kier molecular flexibility index (Phi) is 25.8. The minimum Gasteiger partial charge on any atom is -0.356 e. The van der Waals surface area contributed by atoms with Gasteiger partial charge in [-0.2, -0.15) is 0 Å². The first kappa shape index (κ1) is 69.8. The van der Waals surface area contributed by atoms with Crippen molar-refractivity contribution in [2.24, 2.45) is 28.9 Å². The molecule has 0 radical (unpaired) electrons. The molecule has 0 spiro atoms. The van der Waals surface area contributed by atoms with Gasteiger partial charge in [0.25, 0.3) is 11.8 Å². The number of likely N-dealkylation sites (N-methyl/N-ethyl adjacent to an activating group) is 2. The highest BCUT2D eigenvalue weighted by atomic mass is 16.2. The van der Waals surface area contributed by atoms with Crippen molar-refractivity contribution < 1.29 is 38.4 Å². The number of ketones is 2. The Labute approximate surface area is 541 Å². The third kappa shape index (κ3) is 17.2. The molecule has 3 unspecified atom stereocenters. The maximum atomic E-state index is 15.2. The summed E-state index contributed by atoms with van der Waals surface area (Å²) in [6.07, 6.45) is 10.8. The van der Waals surface area contributed by atoms with Gasteiger partial charge >= 0.3 is 0 Å². The van der Waals surface area contributed by atoms with E-state index in [4.69, 9.17) is 32.9 Å². The molecule has 6 atom stereocenters. The van der Waals surface area contributed by atoms with Crippen molar-refractivity contribution in [1.82, 2.24) is 40.2 Å². The number of aryl methyl sites for hydroxylation is 2. The zero-order valence-corrected chi connectivity index (χ0v) is 54.3. The minimum atomic E-state index is -1.21. The lowest BCUT2D eigenvalue weighted by Crippen LogP contribution is -2.55. The SMILES string of the molecule is CCc1nc2cc3ccccc3cc2cc1C(=O)N1CCCC1C(=O)N(C)C(CC=CC[C@@H](C(=O)N[C@@H](CCCCN)C(=O)CCCCN)N(C)C(=O)C1CCCN1C(=O)c1cc2cc3ccccc3cc2nc1CC)C(=O)C[C@@H](CCCCN)C(=O)NCCCN. The molecule has 2 fully saturated rings. The number of nitrogens with one attached hydrogen (secondary N) is 2. The van der Waals surface area contributed by atoms with E-state index in [0.29, 0.717) is 165 Å². The number of fused-ring (bicyclic) bond motifs is 4. The lowest BCUT2D eigenvalue weighted by atomic mass is 9.91. The number of likely N-dealkylation sites (tertiary alicyclic amines) is 2. The van der Waals surface area contributed by atoms with Crippen LogP contribution in [0.4, 0.5) is 0 Å². The van der Waals surface area contributed by atoms with Gasteiger partial charge in [0.2, 0.25) is 23.6 Å². The monoisotopic (exact) mass is 1260 g/mol. The molecule has 0 aliphatic carbocycles. The number of carbonyl (C=O) groups is 8. The summed E-state index contributed by atoms with van der Waals surface area (Å²) < 4.78 is 0. The highest BCUT2D eigenvalue weighted by molar-refractivity contribution is 6.06. The van der Waals surface area contributed by atoms with E-state index < -0.39 is 53.8 Å². The average Bonchev–Trinajstić information content (AvgIpc) is 1.17. The number of unbranched alkanes of at least 4 members (excludes halogenated alkanes) is 3. The molecule has 92 heavy (non-hydrogen) atoms. The second-order valence-electron chi connectivity index (χ2n) is 24.8. The first-order valence-electron chi connectivity index (χ1n) is 33.4. The Hall–Kier alpha value is -8.04. The van der Waals surface area contributed by atoms with Crippen molar-refractivity contribution in [3.63, 3.8) is 0 Å². The fourth-order valence-electron chi connectivity index (χ4n) is 13.1. The molecule has 2 aliphatic heterocycles. The van der Waals surface area contributed by atoms with E-state index >= 15 is 19.2 Å². The molecule has 0 saturated carbocycles. The van der Waals surface area contributed by atoms with Crippen molar-refractivity contribution in [3.8, 4) is 0 Å². The van der Waals surface area contributed by atoms with Crippen LogP contribution < -0.4 is 33.6 Å². The quantitative estimate of drug-likeness (QED) is 0.0129. The molecule has 8 rings (SSSR count). The van der Waals surface area contributed by atoms with Crippen molar-refractivity contribution in [2.75, 3.05) is 59.9 Å². The topological polar surface area (TPSA) is 303 Å². The number of nitrogens with zero attached hydrogens (tertiary/aromatic N) is 6. The Morgan fingerprint density at radius 1 is 0.554 bits per heavy atom. The number of nitrogens with two attached hydrogens (primary N) is 4. The van der Waals surface area contributed by atoms with Crippen LogP contribution in [0.2, 0.25) is 0 Å². The third-order valence-electron chi connectivity index (χ3n) is 18.5. The molecule has 492 valence electrons. The summed E-state index contributed by atoms with van der Waals surface area (Å²) in [5, 5.41) is 11.6. The molecular weight excluding hydrogens is 1160 g/mol. The molecule has 2 saturated heterocycles. The number of rotatable bonds is 34. The summed E-state index contributed by atoms with van der Waals surface area (Å²) in [6.45, 7) is 6.39. The Balaban J connectivity index is 1.09. The first-order chi connectivity index (χ1) is 44.5. The number of amides is 6. The van der Waals surface area contributed by atoms with Gasteiger partial charge in [0.05, 0.1) is 45.6 Å². The molecule has 4 aromatic carbocycles. The summed E-state index contributed by atoms with van der Waals surface area (Å²) in [6, 6.07) is 22.6. The van der Waals surface area contributed by atoms with Gasteiger partial charge < -0.3 is 53.2 Å². The van der Waals surface area contributed by atoms with E-state index in [0.717, 1.165) is 43.4 Å². The number of hydrogen-bond acceptors (Lipinski definition) is 14. The fraction of sp³-hybridized carbons (Fsp3) is 0.500. The average molecular weight is 1260 g/mol. The maximum Gasteiger partial charge on any atom is 0.256 e. The van der Waals surface area contributed by atoms with Crippen LogP contribution >= 0.6 is 0 Å². The summed E-state index contributed by atoms with van der Waals surface area (Å²) >= 11 is 0. The van der Waals surface area contributed by atoms with E-state index in [-0.39, 0.29) is 55.0 Å². The molecule has 6 aromatic rings. The molecule has 2 aliphatic rings. The van der Waals surface area contributed by atoms with E-state index in [1.807, 2.05) is 98.8 Å². The first-order valence-corrected chi connectivity index (χ1v) is 33.4. The number of aromatic nitrogens is 2. The zero-order valence-electron chi connectivity index (χ0n) is 54.3. The Morgan fingerprint density at radius 2 is 1.01 bits per heavy atom. The van der Waals surface area contributed by atoms with Crippen LogP contribution in [0.3, 0.4) is 0 Å². The Bertz CT molecular complexity index is 3400. The van der Waals surface area contributed by atoms with Crippen molar-refractivity contribution >= 4 is 90.4 Å². The lowest BCUT2D eigenvalue weighted by molar-refractivity contribution is -0.142. The number of hydrogen-bond donors (Lipinski definition) is 6. The number of benzene rings is 4. The van der Waals surface area contributed by atoms with Crippen molar-refractivity contribution in [1.29, 1.82) is 0 Å². The maximum absolute atomic E-state index is 15.2. The van der Waals surface area contributed by atoms with Gasteiger partial charge in [0, 0.05) is 63.3 Å². The van der Waals surface area contributed by atoms with Gasteiger partial charge in [-0.1, -0.05) is 81.0 Å². The molecule has 2 aromatic heterocycles. The zero-order chi connectivity index (χ0) is 65.8. The highest BCUT2D eigenvalue weighted by Crippen LogP contribution is 2.32. The van der Waals surface area contributed by atoms with E-state index in [2.05, 4.69) is 10.6 Å². The molecule has 4 heterocycles.